The van der Waals surface area contributed by atoms with Crippen molar-refractivity contribution in [3.05, 3.63) is 108 Å². The molecule has 0 saturated heterocycles. The first-order valence-electron chi connectivity index (χ1n) is 8.96. The maximum atomic E-state index is 2.30. The highest BCUT2D eigenvalue weighted by molar-refractivity contribution is 6.17. The maximum Gasteiger partial charge on any atom is -0.00987 e. The molecule has 122 valence electrons. The third-order valence-electron chi connectivity index (χ3n) is 5.04. The summed E-state index contributed by atoms with van der Waals surface area (Å²) in [5.41, 5.74) is 2.44. The van der Waals surface area contributed by atoms with Crippen LogP contribution in [0.4, 0.5) is 0 Å². The van der Waals surface area contributed by atoms with Gasteiger partial charge >= 0.3 is 0 Å². The molecule has 0 aliphatic rings. The summed E-state index contributed by atoms with van der Waals surface area (Å²) in [6, 6.07) is 34.7. The molecule has 5 aromatic carbocycles. The fraction of sp³-hybridized carbons (Fsp3) is 0. The van der Waals surface area contributed by atoms with Crippen molar-refractivity contribution in [1.82, 2.24) is 0 Å². The monoisotopic (exact) mass is 330 g/mol. The van der Waals surface area contributed by atoms with Crippen LogP contribution in [0.3, 0.4) is 0 Å². The Morgan fingerprint density at radius 3 is 1.85 bits per heavy atom. The molecule has 0 unspecified atom stereocenters. The van der Waals surface area contributed by atoms with Gasteiger partial charge in [-0.1, -0.05) is 103 Å². The standard InChI is InChI=1S/C26H18/c1-2-6-19(7-3-1)10-11-20-12-13-22-15-16-24-23-9-5-4-8-21(23)14-17-25(24)26(22)18-20/h1-18H/b11-10-. The topological polar surface area (TPSA) is 0 Å². The van der Waals surface area contributed by atoms with Gasteiger partial charge in [0.1, 0.15) is 0 Å². The van der Waals surface area contributed by atoms with Gasteiger partial charge in [0.05, 0.1) is 0 Å². The van der Waals surface area contributed by atoms with E-state index in [4.69, 9.17) is 0 Å². The number of hydrogen-bond acceptors (Lipinski definition) is 0. The molecule has 0 aromatic heterocycles. The molecular formula is C26H18. The third kappa shape index (κ3) is 2.57. The van der Waals surface area contributed by atoms with Crippen LogP contribution < -0.4 is 0 Å². The molecule has 0 heterocycles. The van der Waals surface area contributed by atoms with E-state index in [1.54, 1.807) is 0 Å². The molecule has 0 N–H and O–H groups in total. The zero-order valence-corrected chi connectivity index (χ0v) is 14.4. The van der Waals surface area contributed by atoms with Gasteiger partial charge < -0.3 is 0 Å². The predicted octanol–water partition coefficient (Wildman–Crippen LogP) is 7.32. The average Bonchev–Trinajstić information content (AvgIpc) is 2.72. The van der Waals surface area contributed by atoms with Crippen LogP contribution in [0.15, 0.2) is 97.1 Å². The summed E-state index contributed by atoms with van der Waals surface area (Å²) < 4.78 is 0. The van der Waals surface area contributed by atoms with Gasteiger partial charge in [0, 0.05) is 0 Å². The SMILES string of the molecule is C(=C/c1ccc2ccc3c4ccccc4ccc3c2c1)/c1ccccc1. The fourth-order valence-corrected chi connectivity index (χ4v) is 3.70. The van der Waals surface area contributed by atoms with Crippen molar-refractivity contribution in [1.29, 1.82) is 0 Å². The molecule has 0 fully saturated rings. The Kier molecular flexibility index (Phi) is 3.54. The number of rotatable bonds is 2. The van der Waals surface area contributed by atoms with Gasteiger partial charge in [-0.15, -0.1) is 0 Å². The van der Waals surface area contributed by atoms with Crippen molar-refractivity contribution < 1.29 is 0 Å². The van der Waals surface area contributed by atoms with Gasteiger partial charge in [-0.3, -0.25) is 0 Å². The molecule has 0 nitrogen and oxygen atoms in total. The van der Waals surface area contributed by atoms with Crippen LogP contribution in [0.1, 0.15) is 11.1 Å². The zero-order valence-electron chi connectivity index (χ0n) is 14.4. The highest BCUT2D eigenvalue weighted by atomic mass is 14.1. The quantitative estimate of drug-likeness (QED) is 0.235. The molecule has 0 atom stereocenters. The van der Waals surface area contributed by atoms with Gasteiger partial charge in [-0.05, 0) is 49.5 Å². The lowest BCUT2D eigenvalue weighted by Gasteiger charge is -2.08. The second-order valence-corrected chi connectivity index (χ2v) is 6.67. The Labute approximate surface area is 153 Å². The summed E-state index contributed by atoms with van der Waals surface area (Å²) in [5, 5.41) is 7.83. The summed E-state index contributed by atoms with van der Waals surface area (Å²) in [6.45, 7) is 0. The Balaban J connectivity index is 1.70. The molecule has 0 amide bonds. The van der Waals surface area contributed by atoms with Crippen molar-refractivity contribution in [3.8, 4) is 0 Å². The van der Waals surface area contributed by atoms with Crippen molar-refractivity contribution in [2.45, 2.75) is 0 Å². The summed E-state index contributed by atoms with van der Waals surface area (Å²) in [6.07, 6.45) is 4.36. The number of benzene rings is 5. The molecule has 0 heteroatoms. The molecule has 0 radical (unpaired) electrons. The van der Waals surface area contributed by atoms with Gasteiger partial charge in [0.15, 0.2) is 0 Å². The van der Waals surface area contributed by atoms with Gasteiger partial charge in [-0.2, -0.15) is 0 Å². The van der Waals surface area contributed by atoms with Gasteiger partial charge in [-0.25, -0.2) is 0 Å². The molecule has 0 aliphatic carbocycles. The number of hydrogen-bond donors (Lipinski definition) is 0. The minimum atomic E-state index is 1.22. The van der Waals surface area contributed by atoms with Crippen LogP contribution >= 0.6 is 0 Å². The lowest BCUT2D eigenvalue weighted by Crippen LogP contribution is -1.82. The van der Waals surface area contributed by atoms with Crippen molar-refractivity contribution in [2.75, 3.05) is 0 Å². The highest BCUT2D eigenvalue weighted by Gasteiger charge is 2.04. The normalized spacial score (nSPS) is 11.7. The smallest absolute Gasteiger partial charge is 0.00987 e. The molecule has 5 aromatic rings. The van der Waals surface area contributed by atoms with E-state index < -0.39 is 0 Å². The van der Waals surface area contributed by atoms with Crippen molar-refractivity contribution in [3.63, 3.8) is 0 Å². The minimum absolute atomic E-state index is 1.22. The summed E-state index contributed by atoms with van der Waals surface area (Å²) in [5.74, 6) is 0. The molecule has 26 heavy (non-hydrogen) atoms. The van der Waals surface area contributed by atoms with E-state index in [1.807, 2.05) is 6.07 Å². The second kappa shape index (κ2) is 6.16. The first kappa shape index (κ1) is 14.9. The van der Waals surface area contributed by atoms with Crippen LogP contribution in [-0.4, -0.2) is 0 Å². The van der Waals surface area contributed by atoms with E-state index in [2.05, 4.69) is 103 Å². The molecule has 0 saturated carbocycles. The maximum absolute atomic E-state index is 2.30. The largest absolute Gasteiger partial charge is 0.0622 e. The van der Waals surface area contributed by atoms with Crippen molar-refractivity contribution in [2.24, 2.45) is 0 Å². The Bertz CT molecular complexity index is 1260. The Hall–Kier alpha value is -3.38. The molecule has 0 spiro atoms. The predicted molar refractivity (Wildman–Crippen MR) is 114 cm³/mol. The van der Waals surface area contributed by atoms with Gasteiger partial charge in [0.2, 0.25) is 0 Å². The fourth-order valence-electron chi connectivity index (χ4n) is 3.70. The summed E-state index contributed by atoms with van der Waals surface area (Å²) in [7, 11) is 0. The number of fused-ring (bicyclic) bond motifs is 5. The Morgan fingerprint density at radius 1 is 0.385 bits per heavy atom. The molecule has 5 rings (SSSR count). The average molecular weight is 330 g/mol. The first-order valence-corrected chi connectivity index (χ1v) is 8.96. The van der Waals surface area contributed by atoms with Crippen molar-refractivity contribution >= 4 is 44.5 Å². The van der Waals surface area contributed by atoms with Crippen LogP contribution in [0.5, 0.6) is 0 Å². The van der Waals surface area contributed by atoms with Crippen LogP contribution in [-0.2, 0) is 0 Å². The van der Waals surface area contributed by atoms with Crippen LogP contribution in [0, 0.1) is 0 Å². The lowest BCUT2D eigenvalue weighted by molar-refractivity contribution is 1.66. The van der Waals surface area contributed by atoms with E-state index in [1.165, 1.54) is 43.4 Å². The lowest BCUT2D eigenvalue weighted by atomic mass is 9.96. The van der Waals surface area contributed by atoms with E-state index in [9.17, 15) is 0 Å². The van der Waals surface area contributed by atoms with Crippen LogP contribution in [0.2, 0.25) is 0 Å². The summed E-state index contributed by atoms with van der Waals surface area (Å²) >= 11 is 0. The van der Waals surface area contributed by atoms with Gasteiger partial charge in [0.25, 0.3) is 0 Å². The second-order valence-electron chi connectivity index (χ2n) is 6.67. The van der Waals surface area contributed by atoms with E-state index in [-0.39, 0.29) is 0 Å². The van der Waals surface area contributed by atoms with E-state index in [0.717, 1.165) is 0 Å². The minimum Gasteiger partial charge on any atom is -0.0622 e. The molecular weight excluding hydrogens is 312 g/mol. The first-order chi connectivity index (χ1) is 12.9. The molecule has 0 aliphatic heterocycles. The zero-order chi connectivity index (χ0) is 17.3. The highest BCUT2D eigenvalue weighted by Crippen LogP contribution is 2.31. The summed E-state index contributed by atoms with van der Waals surface area (Å²) in [4.78, 5) is 0. The van der Waals surface area contributed by atoms with E-state index >= 15 is 0 Å². The van der Waals surface area contributed by atoms with Crippen LogP contribution in [0.25, 0.3) is 44.5 Å². The van der Waals surface area contributed by atoms with E-state index in [0.29, 0.717) is 0 Å². The molecule has 0 bridgehead atoms. The third-order valence-corrected chi connectivity index (χ3v) is 5.04. The Morgan fingerprint density at radius 2 is 1.00 bits per heavy atom.